The molecular formula is C35H41N3O7. The van der Waals surface area contributed by atoms with Gasteiger partial charge < -0.3 is 25.0 Å². The molecule has 5 aliphatic rings. The van der Waals surface area contributed by atoms with Gasteiger partial charge in [-0.1, -0.05) is 24.3 Å². The Balaban J connectivity index is 1.47. The van der Waals surface area contributed by atoms with Crippen LogP contribution in [0.5, 0.6) is 5.75 Å². The van der Waals surface area contributed by atoms with Gasteiger partial charge >= 0.3 is 5.97 Å². The van der Waals surface area contributed by atoms with Crippen LogP contribution in [-0.2, 0) is 25.7 Å². The zero-order valence-electron chi connectivity index (χ0n) is 25.9. The average Bonchev–Trinajstić information content (AvgIpc) is 3.03. The number of nitrogens with zero attached hydrogens (tertiary/aromatic N) is 2. The number of methoxy groups -OCH3 is 1. The van der Waals surface area contributed by atoms with Gasteiger partial charge in [0.25, 0.3) is 0 Å². The molecule has 2 atom stereocenters. The molecule has 0 radical (unpaired) electrons. The monoisotopic (exact) mass is 615 g/mol. The highest BCUT2D eigenvalue weighted by atomic mass is 16.5. The fraction of sp³-hybridized carbons (Fsp3) is 0.514. The van der Waals surface area contributed by atoms with E-state index in [0.29, 0.717) is 35.6 Å². The molecule has 2 aromatic carbocycles. The minimum absolute atomic E-state index is 0.145. The van der Waals surface area contributed by atoms with Crippen molar-refractivity contribution in [2.75, 3.05) is 18.6 Å². The summed E-state index contributed by atoms with van der Waals surface area (Å²) in [6.45, 7) is 0.802. The SMILES string of the molecule is COc1ccc(CN2C(=O)[C@@H](CC34CC5CC(CC(C5)C3)C4)N(C(C)=O)[C@H](C(=O)NCC(=O)O)CC(=O)c3ccccc32)cc1. The van der Waals surface area contributed by atoms with E-state index in [4.69, 9.17) is 4.74 Å². The molecule has 1 aliphatic heterocycles. The van der Waals surface area contributed by atoms with Crippen molar-refractivity contribution in [3.63, 3.8) is 0 Å². The first-order valence-corrected chi connectivity index (χ1v) is 15.9. The predicted molar refractivity (Wildman–Crippen MR) is 166 cm³/mol. The largest absolute Gasteiger partial charge is 0.497 e. The summed E-state index contributed by atoms with van der Waals surface area (Å²) in [5, 5.41) is 11.7. The van der Waals surface area contributed by atoms with Crippen molar-refractivity contribution in [3.8, 4) is 5.75 Å². The van der Waals surface area contributed by atoms with Crippen LogP contribution >= 0.6 is 0 Å². The molecule has 4 bridgehead atoms. The van der Waals surface area contributed by atoms with E-state index in [1.54, 1.807) is 36.3 Å². The lowest BCUT2D eigenvalue weighted by molar-refractivity contribution is -0.150. The van der Waals surface area contributed by atoms with Crippen LogP contribution in [0.1, 0.15) is 74.2 Å². The number of ether oxygens (including phenoxy) is 1. The third-order valence-corrected chi connectivity index (χ3v) is 10.5. The molecule has 45 heavy (non-hydrogen) atoms. The molecule has 0 spiro atoms. The Morgan fingerprint density at radius 2 is 1.58 bits per heavy atom. The highest BCUT2D eigenvalue weighted by Crippen LogP contribution is 2.62. The lowest BCUT2D eigenvalue weighted by Crippen LogP contribution is -2.60. The van der Waals surface area contributed by atoms with Crippen LogP contribution in [0.3, 0.4) is 0 Å². The Morgan fingerprint density at radius 1 is 0.956 bits per heavy atom. The van der Waals surface area contributed by atoms with Crippen molar-refractivity contribution in [1.29, 1.82) is 0 Å². The normalized spacial score (nSPS) is 29.0. The fourth-order valence-electron chi connectivity index (χ4n) is 9.11. The molecule has 0 unspecified atom stereocenters. The molecule has 4 fully saturated rings. The number of carbonyl (C=O) groups is 5. The van der Waals surface area contributed by atoms with Gasteiger partial charge in [-0.25, -0.2) is 0 Å². The molecule has 4 aliphatic carbocycles. The van der Waals surface area contributed by atoms with Crippen LogP contribution in [0.15, 0.2) is 48.5 Å². The highest BCUT2D eigenvalue weighted by Gasteiger charge is 2.54. The third-order valence-electron chi connectivity index (χ3n) is 10.5. The second-order valence-corrected chi connectivity index (χ2v) is 13.6. The Labute approximate surface area is 263 Å². The second kappa shape index (κ2) is 12.3. The first-order chi connectivity index (χ1) is 21.6. The number of anilines is 1. The van der Waals surface area contributed by atoms with Crippen LogP contribution < -0.4 is 15.0 Å². The quantitative estimate of drug-likeness (QED) is 0.455. The van der Waals surface area contributed by atoms with Crippen LogP contribution in [0.25, 0.3) is 0 Å². The second-order valence-electron chi connectivity index (χ2n) is 13.6. The van der Waals surface area contributed by atoms with Gasteiger partial charge in [-0.15, -0.1) is 0 Å². The summed E-state index contributed by atoms with van der Waals surface area (Å²) in [7, 11) is 1.58. The van der Waals surface area contributed by atoms with Crippen LogP contribution in [0.4, 0.5) is 5.69 Å². The molecule has 7 rings (SSSR count). The van der Waals surface area contributed by atoms with E-state index in [-0.39, 0.29) is 29.9 Å². The van der Waals surface area contributed by atoms with Gasteiger partial charge in [-0.3, -0.25) is 24.0 Å². The molecule has 0 saturated heterocycles. The summed E-state index contributed by atoms with van der Waals surface area (Å²) >= 11 is 0. The fourth-order valence-corrected chi connectivity index (χ4v) is 9.11. The van der Waals surface area contributed by atoms with Gasteiger partial charge in [0.05, 0.1) is 19.3 Å². The lowest BCUT2D eigenvalue weighted by Gasteiger charge is -2.58. The van der Waals surface area contributed by atoms with Gasteiger partial charge in [-0.2, -0.15) is 0 Å². The zero-order valence-corrected chi connectivity index (χ0v) is 25.9. The number of carboxylic acids is 1. The summed E-state index contributed by atoms with van der Waals surface area (Å²) < 4.78 is 5.32. The number of carbonyl (C=O) groups excluding carboxylic acids is 4. The summed E-state index contributed by atoms with van der Waals surface area (Å²) in [5.74, 6) is -0.804. The Kier molecular flexibility index (Phi) is 8.41. The first kappa shape index (κ1) is 30.8. The van der Waals surface area contributed by atoms with E-state index in [0.717, 1.165) is 24.8 Å². The number of ketones is 1. The molecule has 4 saturated carbocycles. The number of nitrogens with one attached hydrogen (secondary N) is 1. The standard InChI is InChI=1S/C35H41N3O7/c1-21(39)38-29(33(43)36-19-32(41)42)14-31(40)27-5-3-4-6-28(27)37(20-22-7-9-26(45-2)10-8-22)34(44)30(38)18-35-15-23-11-24(16-35)13-25(12-23)17-35/h3-10,23-25,29-30H,11-20H2,1-2H3,(H,36,43)(H,41,42)/t23?,24?,25?,29-,30+,35?/m0/s1. The van der Waals surface area contributed by atoms with Crippen LogP contribution in [-0.4, -0.2) is 65.2 Å². The Hall–Kier alpha value is -4.21. The van der Waals surface area contributed by atoms with Crippen molar-refractivity contribution in [3.05, 3.63) is 59.7 Å². The van der Waals surface area contributed by atoms with E-state index in [2.05, 4.69) is 5.32 Å². The van der Waals surface area contributed by atoms with Crippen molar-refractivity contribution in [1.82, 2.24) is 10.2 Å². The van der Waals surface area contributed by atoms with E-state index < -0.39 is 42.2 Å². The Morgan fingerprint density at radius 3 is 2.16 bits per heavy atom. The van der Waals surface area contributed by atoms with Crippen molar-refractivity contribution >= 4 is 35.2 Å². The van der Waals surface area contributed by atoms with Crippen molar-refractivity contribution in [2.24, 2.45) is 23.2 Å². The molecule has 10 heteroatoms. The number of carboxylic acid groups (broad SMARTS) is 1. The van der Waals surface area contributed by atoms with Crippen LogP contribution in [0.2, 0.25) is 0 Å². The number of benzene rings is 2. The number of aliphatic carboxylic acids is 1. The minimum atomic E-state index is -1.34. The van der Waals surface area contributed by atoms with E-state index in [1.165, 1.54) is 31.1 Å². The smallest absolute Gasteiger partial charge is 0.322 e. The molecule has 238 valence electrons. The average molecular weight is 616 g/mol. The van der Waals surface area contributed by atoms with Gasteiger partial charge in [0.1, 0.15) is 24.4 Å². The first-order valence-electron chi connectivity index (χ1n) is 15.9. The van der Waals surface area contributed by atoms with E-state index in [1.807, 2.05) is 24.3 Å². The molecule has 1 heterocycles. The molecule has 0 aromatic heterocycles. The number of hydrogen-bond donors (Lipinski definition) is 2. The third kappa shape index (κ3) is 6.19. The number of fused-ring (bicyclic) bond motifs is 1. The maximum Gasteiger partial charge on any atom is 0.322 e. The molecule has 2 aromatic rings. The van der Waals surface area contributed by atoms with Gasteiger partial charge in [0.15, 0.2) is 5.78 Å². The van der Waals surface area contributed by atoms with E-state index >= 15 is 4.79 Å². The van der Waals surface area contributed by atoms with Crippen molar-refractivity contribution in [2.45, 2.75) is 76.9 Å². The lowest BCUT2D eigenvalue weighted by atomic mass is 9.48. The topological polar surface area (TPSA) is 133 Å². The van der Waals surface area contributed by atoms with Crippen LogP contribution in [0, 0.1) is 23.2 Å². The maximum atomic E-state index is 15.1. The number of rotatable bonds is 8. The summed E-state index contributed by atoms with van der Waals surface area (Å²) in [6, 6.07) is 11.8. The number of amides is 3. The van der Waals surface area contributed by atoms with Gasteiger partial charge in [0.2, 0.25) is 17.7 Å². The highest BCUT2D eigenvalue weighted by molar-refractivity contribution is 6.10. The summed E-state index contributed by atoms with van der Waals surface area (Å²) in [4.78, 5) is 70.6. The molecule has 3 amide bonds. The summed E-state index contributed by atoms with van der Waals surface area (Å²) in [6.07, 6.45) is 6.60. The predicted octanol–water partition coefficient (Wildman–Crippen LogP) is 4.21. The molecule has 10 nitrogen and oxygen atoms in total. The number of hydrogen-bond acceptors (Lipinski definition) is 6. The number of Topliss-reactive ketones (excluding diaryl/α,β-unsaturated/α-hetero) is 1. The van der Waals surface area contributed by atoms with E-state index in [9.17, 15) is 24.3 Å². The van der Waals surface area contributed by atoms with Crippen molar-refractivity contribution < 1.29 is 33.8 Å². The summed E-state index contributed by atoms with van der Waals surface area (Å²) in [5.41, 5.74) is 1.36. The molecular weight excluding hydrogens is 574 g/mol. The zero-order chi connectivity index (χ0) is 31.9. The van der Waals surface area contributed by atoms with Gasteiger partial charge in [0, 0.05) is 18.9 Å². The Bertz CT molecular complexity index is 1470. The van der Waals surface area contributed by atoms with Gasteiger partial charge in [-0.05, 0) is 97.9 Å². The maximum absolute atomic E-state index is 15.1. The molecule has 2 N–H and O–H groups in total. The number of para-hydroxylation sites is 1. The minimum Gasteiger partial charge on any atom is -0.497 e.